The van der Waals surface area contributed by atoms with Crippen LogP contribution in [-0.2, 0) is 0 Å². The van der Waals surface area contributed by atoms with E-state index in [0.29, 0.717) is 11.3 Å². The lowest BCUT2D eigenvalue weighted by Crippen LogP contribution is -1.90. The van der Waals surface area contributed by atoms with Crippen LogP contribution in [0.2, 0.25) is 0 Å². The average molecular weight is 219 g/mol. The molecular formula is C13H9F2O. The summed E-state index contributed by atoms with van der Waals surface area (Å²) in [5.74, 6) is -1.22. The Morgan fingerprint density at radius 2 is 2.00 bits per heavy atom. The Kier molecular flexibility index (Phi) is 2.86. The first kappa shape index (κ1) is 10.6. The Morgan fingerprint density at radius 1 is 1.19 bits per heavy atom. The van der Waals surface area contributed by atoms with Gasteiger partial charge in [0.15, 0.2) is 11.6 Å². The second-order valence-corrected chi connectivity index (χ2v) is 3.25. The summed E-state index contributed by atoms with van der Waals surface area (Å²) in [4.78, 5) is 0. The average Bonchev–Trinajstić information content (AvgIpc) is 2.33. The summed E-state index contributed by atoms with van der Waals surface area (Å²) in [7, 11) is 1.50. The van der Waals surface area contributed by atoms with E-state index in [1.807, 2.05) is 0 Å². The predicted octanol–water partition coefficient (Wildman–Crippen LogP) is 3.44. The number of halogens is 2. The summed E-state index contributed by atoms with van der Waals surface area (Å²) in [5.41, 5.74) is 0.778. The molecule has 0 aromatic heterocycles. The maximum atomic E-state index is 13.5. The van der Waals surface area contributed by atoms with Crippen LogP contribution in [0.3, 0.4) is 0 Å². The van der Waals surface area contributed by atoms with Crippen molar-refractivity contribution in [2.45, 2.75) is 0 Å². The molecule has 0 saturated carbocycles. The Hall–Kier alpha value is -1.90. The molecule has 0 bridgehead atoms. The highest BCUT2D eigenvalue weighted by molar-refractivity contribution is 5.65. The van der Waals surface area contributed by atoms with Crippen molar-refractivity contribution in [1.82, 2.24) is 0 Å². The van der Waals surface area contributed by atoms with Gasteiger partial charge in [-0.1, -0.05) is 18.2 Å². The van der Waals surface area contributed by atoms with Gasteiger partial charge >= 0.3 is 0 Å². The molecule has 0 aliphatic rings. The molecule has 2 aromatic carbocycles. The molecule has 16 heavy (non-hydrogen) atoms. The van der Waals surface area contributed by atoms with Crippen molar-refractivity contribution in [3.8, 4) is 16.9 Å². The van der Waals surface area contributed by atoms with E-state index in [-0.39, 0.29) is 5.56 Å². The second-order valence-electron chi connectivity index (χ2n) is 3.25. The van der Waals surface area contributed by atoms with Crippen LogP contribution in [-0.4, -0.2) is 7.11 Å². The van der Waals surface area contributed by atoms with Crippen molar-refractivity contribution in [3.05, 3.63) is 54.1 Å². The smallest absolute Gasteiger partial charge is 0.166 e. The molecule has 0 aliphatic carbocycles. The highest BCUT2D eigenvalue weighted by Crippen LogP contribution is 2.26. The molecule has 81 valence electrons. The van der Waals surface area contributed by atoms with Crippen LogP contribution in [0.1, 0.15) is 0 Å². The summed E-state index contributed by atoms with van der Waals surface area (Å²) in [6.07, 6.45) is 0. The van der Waals surface area contributed by atoms with E-state index < -0.39 is 11.6 Å². The summed E-state index contributed by atoms with van der Waals surface area (Å²) >= 11 is 0. The topological polar surface area (TPSA) is 9.23 Å². The van der Waals surface area contributed by atoms with Gasteiger partial charge in [0.2, 0.25) is 0 Å². The van der Waals surface area contributed by atoms with Crippen LogP contribution >= 0.6 is 0 Å². The van der Waals surface area contributed by atoms with Crippen molar-refractivity contribution < 1.29 is 13.5 Å². The number of hydrogen-bond donors (Lipinski definition) is 0. The molecule has 0 unspecified atom stereocenters. The summed E-state index contributed by atoms with van der Waals surface area (Å²) in [6, 6.07) is 11.8. The van der Waals surface area contributed by atoms with Crippen LogP contribution in [0.15, 0.2) is 36.4 Å². The number of benzene rings is 2. The van der Waals surface area contributed by atoms with Crippen molar-refractivity contribution in [2.75, 3.05) is 7.11 Å². The first-order chi connectivity index (χ1) is 7.72. The van der Waals surface area contributed by atoms with Crippen LogP contribution < -0.4 is 4.74 Å². The molecule has 1 radical (unpaired) electrons. The first-order valence-corrected chi connectivity index (χ1v) is 4.72. The van der Waals surface area contributed by atoms with E-state index in [1.165, 1.54) is 19.2 Å². The zero-order valence-corrected chi connectivity index (χ0v) is 8.63. The van der Waals surface area contributed by atoms with Gasteiger partial charge in [0, 0.05) is 11.6 Å². The number of rotatable bonds is 2. The first-order valence-electron chi connectivity index (χ1n) is 4.72. The van der Waals surface area contributed by atoms with E-state index in [4.69, 9.17) is 4.74 Å². The van der Waals surface area contributed by atoms with Gasteiger partial charge in [0.25, 0.3) is 0 Å². The van der Waals surface area contributed by atoms with Crippen molar-refractivity contribution in [1.29, 1.82) is 0 Å². The SMILES string of the molecule is COc1[c]ccc(-c2cccc(F)c2F)c1. The predicted molar refractivity (Wildman–Crippen MR) is 57.2 cm³/mol. The molecule has 2 aromatic rings. The van der Waals surface area contributed by atoms with Gasteiger partial charge in [0.05, 0.1) is 7.11 Å². The minimum Gasteiger partial charge on any atom is -0.496 e. The molecule has 0 aliphatic heterocycles. The lowest BCUT2D eigenvalue weighted by atomic mass is 10.0. The second kappa shape index (κ2) is 4.31. The maximum absolute atomic E-state index is 13.5. The van der Waals surface area contributed by atoms with Crippen molar-refractivity contribution >= 4 is 0 Å². The zero-order valence-electron chi connectivity index (χ0n) is 8.63. The van der Waals surface area contributed by atoms with Gasteiger partial charge in [-0.05, 0) is 23.8 Å². The van der Waals surface area contributed by atoms with Crippen LogP contribution in [0.5, 0.6) is 5.75 Å². The number of methoxy groups -OCH3 is 1. The Morgan fingerprint density at radius 3 is 2.75 bits per heavy atom. The lowest BCUT2D eigenvalue weighted by molar-refractivity contribution is 0.414. The Bertz CT molecular complexity index is 509. The normalized spacial score (nSPS) is 10.2. The van der Waals surface area contributed by atoms with Crippen molar-refractivity contribution in [2.24, 2.45) is 0 Å². The third-order valence-electron chi connectivity index (χ3n) is 2.26. The highest BCUT2D eigenvalue weighted by atomic mass is 19.2. The number of ether oxygens (including phenoxy) is 1. The summed E-state index contributed by atoms with van der Waals surface area (Å²) in [5, 5.41) is 0. The van der Waals surface area contributed by atoms with Gasteiger partial charge in [-0.25, -0.2) is 8.78 Å². The zero-order chi connectivity index (χ0) is 11.5. The molecule has 0 spiro atoms. The van der Waals surface area contributed by atoms with E-state index in [9.17, 15) is 8.78 Å². The highest BCUT2D eigenvalue weighted by Gasteiger charge is 2.09. The van der Waals surface area contributed by atoms with E-state index in [2.05, 4.69) is 6.07 Å². The van der Waals surface area contributed by atoms with E-state index >= 15 is 0 Å². The molecule has 0 atom stereocenters. The molecule has 0 saturated heterocycles. The quantitative estimate of drug-likeness (QED) is 0.751. The largest absolute Gasteiger partial charge is 0.496 e. The van der Waals surface area contributed by atoms with E-state index in [1.54, 1.807) is 18.2 Å². The molecular weight excluding hydrogens is 210 g/mol. The summed E-state index contributed by atoms with van der Waals surface area (Å²) in [6.45, 7) is 0. The van der Waals surface area contributed by atoms with Gasteiger partial charge in [-0.3, -0.25) is 0 Å². The molecule has 3 heteroatoms. The molecule has 0 fully saturated rings. The fraction of sp³-hybridized carbons (Fsp3) is 0.0769. The minimum absolute atomic E-state index is 0.215. The van der Waals surface area contributed by atoms with Crippen LogP contribution in [0.4, 0.5) is 8.78 Å². The molecule has 1 nitrogen and oxygen atoms in total. The third kappa shape index (κ3) is 1.89. The standard InChI is InChI=1S/C13H9F2O/c1-16-10-5-2-4-9(8-10)11-6-3-7-12(14)13(11)15/h2-4,6-8H,1H3. The number of hydrogen-bond acceptors (Lipinski definition) is 1. The monoisotopic (exact) mass is 219 g/mol. The van der Waals surface area contributed by atoms with E-state index in [0.717, 1.165) is 6.07 Å². The molecule has 0 N–H and O–H groups in total. The minimum atomic E-state index is -0.857. The van der Waals surface area contributed by atoms with Gasteiger partial charge in [-0.2, -0.15) is 0 Å². The van der Waals surface area contributed by atoms with Crippen LogP contribution in [0.25, 0.3) is 11.1 Å². The maximum Gasteiger partial charge on any atom is 0.166 e. The Balaban J connectivity index is 2.54. The molecule has 0 amide bonds. The van der Waals surface area contributed by atoms with Gasteiger partial charge in [0.1, 0.15) is 5.75 Å². The van der Waals surface area contributed by atoms with Crippen molar-refractivity contribution in [3.63, 3.8) is 0 Å². The van der Waals surface area contributed by atoms with Gasteiger partial charge < -0.3 is 4.74 Å². The lowest BCUT2D eigenvalue weighted by Gasteiger charge is -2.05. The van der Waals surface area contributed by atoms with Gasteiger partial charge in [-0.15, -0.1) is 0 Å². The fourth-order valence-corrected chi connectivity index (χ4v) is 1.46. The molecule has 2 rings (SSSR count). The Labute approximate surface area is 92.3 Å². The fourth-order valence-electron chi connectivity index (χ4n) is 1.46. The third-order valence-corrected chi connectivity index (χ3v) is 2.26. The molecule has 0 heterocycles. The summed E-state index contributed by atoms with van der Waals surface area (Å²) < 4.78 is 31.5. The van der Waals surface area contributed by atoms with Crippen LogP contribution in [0, 0.1) is 17.7 Å².